The molecule has 3 aliphatic heterocycles. The van der Waals surface area contributed by atoms with Gasteiger partial charge in [-0.05, 0) is 26.7 Å². The molecule has 0 radical (unpaired) electrons. The van der Waals surface area contributed by atoms with E-state index in [2.05, 4.69) is 25.7 Å². The van der Waals surface area contributed by atoms with E-state index in [1.54, 1.807) is 0 Å². The van der Waals surface area contributed by atoms with Gasteiger partial charge >= 0.3 is 0 Å². The topological polar surface area (TPSA) is 64.1 Å². The lowest BCUT2D eigenvalue weighted by molar-refractivity contribution is -0.181. The molecule has 0 aromatic carbocycles. The van der Waals surface area contributed by atoms with E-state index in [-0.39, 0.29) is 17.9 Å². The Bertz CT molecular complexity index is 473. The maximum Gasteiger partial charge on any atom is 0.252 e. The number of nitrogens with zero attached hydrogens (tertiary/aromatic N) is 3. The summed E-state index contributed by atoms with van der Waals surface area (Å²) in [7, 11) is 0. The van der Waals surface area contributed by atoms with Crippen LogP contribution >= 0.6 is 0 Å². The summed E-state index contributed by atoms with van der Waals surface area (Å²) in [5, 5.41) is 10.0. The van der Waals surface area contributed by atoms with Gasteiger partial charge in [0.05, 0.1) is 12.1 Å². The molecule has 3 saturated heterocycles. The quantitative estimate of drug-likeness (QED) is 0.744. The van der Waals surface area contributed by atoms with Crippen LogP contribution in [0.25, 0.3) is 0 Å². The molecule has 3 heterocycles. The summed E-state index contributed by atoms with van der Waals surface area (Å²) in [4.78, 5) is 31.4. The Hall–Kier alpha value is -0.980. The second-order valence-corrected chi connectivity index (χ2v) is 7.24. The number of fused-ring (bicyclic) bond motifs is 2. The smallest absolute Gasteiger partial charge is 0.252 e. The number of β-amino-alcohol motifs (C(OH)–C–C–N with tert-alkyl or cyclic N) is 1. The summed E-state index contributed by atoms with van der Waals surface area (Å²) < 4.78 is 0. The number of carbonyl (C=O) groups is 2. The molecule has 2 amide bonds. The van der Waals surface area contributed by atoms with Gasteiger partial charge in [0.15, 0.2) is 0 Å². The number of aliphatic hydroxyl groups is 1. The number of carbonyl (C=O) groups excluding carboxylic acids is 2. The van der Waals surface area contributed by atoms with Gasteiger partial charge in [-0.1, -0.05) is 13.3 Å². The van der Waals surface area contributed by atoms with E-state index in [0.717, 1.165) is 12.8 Å². The summed E-state index contributed by atoms with van der Waals surface area (Å²) >= 11 is 0. The van der Waals surface area contributed by atoms with Gasteiger partial charge < -0.3 is 5.11 Å². The SMILES string of the molecule is CCCCN1C(=O)[C@@H]2C[C@@H](O)CN2C2(CN(C(C)C)C2)C1=O. The Kier molecular flexibility index (Phi) is 4.03. The average Bonchev–Trinajstić information content (AvgIpc) is 2.79. The van der Waals surface area contributed by atoms with Gasteiger partial charge in [-0.3, -0.25) is 24.3 Å². The first kappa shape index (κ1) is 15.9. The number of likely N-dealkylation sites (tertiary alicyclic amines) is 1. The van der Waals surface area contributed by atoms with Gasteiger partial charge in [0.1, 0.15) is 5.54 Å². The van der Waals surface area contributed by atoms with Crippen LogP contribution in [0.4, 0.5) is 0 Å². The van der Waals surface area contributed by atoms with E-state index in [9.17, 15) is 14.7 Å². The fourth-order valence-corrected chi connectivity index (χ4v) is 4.01. The van der Waals surface area contributed by atoms with Crippen molar-refractivity contribution in [3.63, 3.8) is 0 Å². The molecule has 2 atom stereocenters. The number of amides is 2. The number of hydrogen-bond donors (Lipinski definition) is 1. The van der Waals surface area contributed by atoms with Crippen molar-refractivity contribution < 1.29 is 14.7 Å². The molecule has 3 aliphatic rings. The van der Waals surface area contributed by atoms with Gasteiger partial charge in [0, 0.05) is 32.2 Å². The van der Waals surface area contributed by atoms with Gasteiger partial charge in [-0.2, -0.15) is 0 Å². The van der Waals surface area contributed by atoms with Crippen molar-refractivity contribution in [3.8, 4) is 0 Å². The molecular weight excluding hydrogens is 282 g/mol. The van der Waals surface area contributed by atoms with E-state index in [4.69, 9.17) is 0 Å². The van der Waals surface area contributed by atoms with E-state index in [1.807, 2.05) is 4.90 Å². The monoisotopic (exact) mass is 309 g/mol. The molecule has 0 aromatic heterocycles. The Morgan fingerprint density at radius 1 is 1.32 bits per heavy atom. The lowest BCUT2D eigenvalue weighted by atomic mass is 9.81. The largest absolute Gasteiger partial charge is 0.392 e. The second kappa shape index (κ2) is 5.58. The molecule has 0 aromatic rings. The maximum atomic E-state index is 13.0. The lowest BCUT2D eigenvalue weighted by Crippen LogP contribution is -2.82. The van der Waals surface area contributed by atoms with Crippen LogP contribution in [0.5, 0.6) is 0 Å². The summed E-state index contributed by atoms with van der Waals surface area (Å²) in [6.45, 7) is 8.59. The molecule has 124 valence electrons. The predicted octanol–water partition coefficient (Wildman–Crippen LogP) is 0.0533. The number of rotatable bonds is 4. The molecule has 0 saturated carbocycles. The molecule has 1 N–H and O–H groups in total. The van der Waals surface area contributed by atoms with E-state index in [1.165, 1.54) is 4.90 Å². The zero-order valence-corrected chi connectivity index (χ0v) is 13.8. The van der Waals surface area contributed by atoms with Gasteiger partial charge in [0.2, 0.25) is 5.91 Å². The third-order valence-corrected chi connectivity index (χ3v) is 5.42. The van der Waals surface area contributed by atoms with Crippen LogP contribution in [0.1, 0.15) is 40.0 Å². The van der Waals surface area contributed by atoms with Crippen molar-refractivity contribution in [3.05, 3.63) is 0 Å². The van der Waals surface area contributed by atoms with Gasteiger partial charge in [-0.15, -0.1) is 0 Å². The van der Waals surface area contributed by atoms with E-state index in [0.29, 0.717) is 38.6 Å². The van der Waals surface area contributed by atoms with Crippen LogP contribution in [0.15, 0.2) is 0 Å². The second-order valence-electron chi connectivity index (χ2n) is 7.24. The number of hydrogen-bond acceptors (Lipinski definition) is 5. The lowest BCUT2D eigenvalue weighted by Gasteiger charge is -2.59. The van der Waals surface area contributed by atoms with Crippen molar-refractivity contribution >= 4 is 11.8 Å². The number of imide groups is 1. The highest BCUT2D eigenvalue weighted by molar-refractivity contribution is 6.06. The highest BCUT2D eigenvalue weighted by atomic mass is 16.3. The molecule has 6 heteroatoms. The predicted molar refractivity (Wildman–Crippen MR) is 82.2 cm³/mol. The fraction of sp³-hybridized carbons (Fsp3) is 0.875. The minimum atomic E-state index is -0.589. The zero-order chi connectivity index (χ0) is 16.1. The summed E-state index contributed by atoms with van der Waals surface area (Å²) in [5.74, 6) is -0.156. The molecule has 0 aliphatic carbocycles. The molecule has 0 unspecified atom stereocenters. The third kappa shape index (κ3) is 2.20. The summed E-state index contributed by atoms with van der Waals surface area (Å²) in [6.07, 6.45) is 1.76. The van der Waals surface area contributed by atoms with Crippen LogP contribution < -0.4 is 0 Å². The van der Waals surface area contributed by atoms with Crippen LogP contribution in [0.3, 0.4) is 0 Å². The average molecular weight is 309 g/mol. The molecule has 1 spiro atoms. The van der Waals surface area contributed by atoms with E-state index < -0.39 is 11.6 Å². The number of aliphatic hydroxyl groups excluding tert-OH is 1. The first-order valence-corrected chi connectivity index (χ1v) is 8.45. The van der Waals surface area contributed by atoms with Crippen molar-refractivity contribution in [2.75, 3.05) is 26.2 Å². The van der Waals surface area contributed by atoms with Crippen molar-refractivity contribution in [1.29, 1.82) is 0 Å². The Labute approximate surface area is 132 Å². The van der Waals surface area contributed by atoms with Crippen LogP contribution in [-0.2, 0) is 9.59 Å². The van der Waals surface area contributed by atoms with Crippen LogP contribution in [0.2, 0.25) is 0 Å². The van der Waals surface area contributed by atoms with Crippen molar-refractivity contribution in [2.24, 2.45) is 0 Å². The molecule has 3 fully saturated rings. The fourth-order valence-electron chi connectivity index (χ4n) is 4.01. The van der Waals surface area contributed by atoms with Gasteiger partial charge in [0.25, 0.3) is 5.91 Å². The highest BCUT2D eigenvalue weighted by Crippen LogP contribution is 2.40. The molecule has 0 bridgehead atoms. The molecule has 3 rings (SSSR count). The van der Waals surface area contributed by atoms with Crippen LogP contribution in [0, 0.1) is 0 Å². The standard InChI is InChI=1S/C16H27N3O3/c1-4-5-6-18-14(21)13-7-12(20)8-19(13)16(15(18)22)9-17(10-16)11(2)3/h11-13,20H,4-10H2,1-3H3/t12-,13+/m1/s1. The maximum absolute atomic E-state index is 13.0. The first-order valence-electron chi connectivity index (χ1n) is 8.45. The Morgan fingerprint density at radius 2 is 2.00 bits per heavy atom. The van der Waals surface area contributed by atoms with Crippen molar-refractivity contribution in [2.45, 2.75) is 63.8 Å². The summed E-state index contributed by atoms with van der Waals surface area (Å²) in [6, 6.07) is 0.0741. The molecule has 6 nitrogen and oxygen atoms in total. The zero-order valence-electron chi connectivity index (χ0n) is 13.8. The number of piperazine rings is 1. The van der Waals surface area contributed by atoms with E-state index >= 15 is 0 Å². The minimum Gasteiger partial charge on any atom is -0.392 e. The minimum absolute atomic E-state index is 0.0480. The first-order chi connectivity index (χ1) is 10.4. The normalized spacial score (nSPS) is 32.0. The summed E-state index contributed by atoms with van der Waals surface area (Å²) in [5.41, 5.74) is -0.589. The molecular formula is C16H27N3O3. The third-order valence-electron chi connectivity index (χ3n) is 5.42. The Morgan fingerprint density at radius 3 is 2.59 bits per heavy atom. The van der Waals surface area contributed by atoms with Crippen molar-refractivity contribution in [1.82, 2.24) is 14.7 Å². The van der Waals surface area contributed by atoms with Gasteiger partial charge in [-0.25, -0.2) is 0 Å². The number of unbranched alkanes of at least 4 members (excludes halogenated alkanes) is 1. The Balaban J connectivity index is 1.87. The molecule has 22 heavy (non-hydrogen) atoms. The highest BCUT2D eigenvalue weighted by Gasteiger charge is 2.64. The van der Waals surface area contributed by atoms with Crippen LogP contribution in [-0.4, -0.2) is 81.5 Å².